The molecular formula is C10H6Cl2N2S. The molecule has 2 nitrogen and oxygen atoms in total. The first-order valence-corrected chi connectivity index (χ1v) is 5.72. The first-order chi connectivity index (χ1) is 7.25. The molecule has 15 heavy (non-hydrogen) atoms. The molecule has 0 saturated heterocycles. The van der Waals surface area contributed by atoms with Gasteiger partial charge in [-0.3, -0.25) is 0 Å². The van der Waals surface area contributed by atoms with Crippen LogP contribution in [-0.4, -0.2) is 9.97 Å². The number of nitrogens with zero attached hydrogens (tertiary/aromatic N) is 2. The predicted octanol–water partition coefficient (Wildman–Crippen LogP) is 3.93. The smallest absolute Gasteiger partial charge is 0.123 e. The molecule has 1 aromatic carbocycles. The summed E-state index contributed by atoms with van der Waals surface area (Å²) >= 11 is 13.3. The molecular weight excluding hydrogens is 251 g/mol. The third kappa shape index (κ3) is 2.84. The first-order valence-electron chi connectivity index (χ1n) is 4.14. The number of benzene rings is 1. The van der Waals surface area contributed by atoms with Crippen LogP contribution in [0.3, 0.4) is 0 Å². The second kappa shape index (κ2) is 4.84. The molecule has 76 valence electrons. The summed E-state index contributed by atoms with van der Waals surface area (Å²) in [5.74, 6) is 0. The quantitative estimate of drug-likeness (QED) is 0.762. The lowest BCUT2D eigenvalue weighted by Gasteiger charge is -2.02. The van der Waals surface area contributed by atoms with Crippen LogP contribution >= 0.6 is 35.0 Å². The van der Waals surface area contributed by atoms with E-state index in [1.807, 2.05) is 24.3 Å². The Morgan fingerprint density at radius 3 is 2.80 bits per heavy atom. The Morgan fingerprint density at radius 2 is 2.07 bits per heavy atom. The minimum Gasteiger partial charge on any atom is -0.243 e. The normalized spacial score (nSPS) is 10.3. The van der Waals surface area contributed by atoms with Crippen LogP contribution in [0.15, 0.2) is 46.7 Å². The van der Waals surface area contributed by atoms with Gasteiger partial charge in [0.1, 0.15) is 11.4 Å². The van der Waals surface area contributed by atoms with Gasteiger partial charge in [0.25, 0.3) is 0 Å². The zero-order chi connectivity index (χ0) is 10.7. The van der Waals surface area contributed by atoms with E-state index in [1.54, 1.807) is 6.20 Å². The van der Waals surface area contributed by atoms with Crippen molar-refractivity contribution in [3.05, 3.63) is 46.8 Å². The maximum Gasteiger partial charge on any atom is 0.123 e. The highest BCUT2D eigenvalue weighted by Gasteiger charge is 2.03. The van der Waals surface area contributed by atoms with E-state index in [4.69, 9.17) is 23.2 Å². The van der Waals surface area contributed by atoms with E-state index in [9.17, 15) is 0 Å². The maximum absolute atomic E-state index is 5.94. The summed E-state index contributed by atoms with van der Waals surface area (Å²) in [6, 6.07) is 7.53. The molecule has 0 fully saturated rings. The van der Waals surface area contributed by atoms with Gasteiger partial charge in [-0.2, -0.15) is 0 Å². The van der Waals surface area contributed by atoms with Crippen molar-refractivity contribution in [1.29, 1.82) is 0 Å². The molecule has 0 amide bonds. The SMILES string of the molecule is Clc1cccc(Sc2ncncc2Cl)c1. The van der Waals surface area contributed by atoms with Crippen LogP contribution in [0, 0.1) is 0 Å². The van der Waals surface area contributed by atoms with E-state index in [2.05, 4.69) is 9.97 Å². The number of halogens is 2. The third-order valence-electron chi connectivity index (χ3n) is 1.64. The van der Waals surface area contributed by atoms with Crippen molar-refractivity contribution >= 4 is 35.0 Å². The molecule has 0 atom stereocenters. The highest BCUT2D eigenvalue weighted by molar-refractivity contribution is 7.99. The van der Waals surface area contributed by atoms with E-state index in [1.165, 1.54) is 18.1 Å². The zero-order valence-corrected chi connectivity index (χ0v) is 9.85. The van der Waals surface area contributed by atoms with Crippen LogP contribution in [0.2, 0.25) is 10.0 Å². The monoisotopic (exact) mass is 256 g/mol. The van der Waals surface area contributed by atoms with E-state index < -0.39 is 0 Å². The summed E-state index contributed by atoms with van der Waals surface area (Å²) in [6.45, 7) is 0. The molecule has 1 heterocycles. The van der Waals surface area contributed by atoms with E-state index in [-0.39, 0.29) is 0 Å². The first kappa shape index (κ1) is 10.7. The van der Waals surface area contributed by atoms with Crippen molar-refractivity contribution in [2.75, 3.05) is 0 Å². The van der Waals surface area contributed by atoms with Gasteiger partial charge in [-0.05, 0) is 18.2 Å². The lowest BCUT2D eigenvalue weighted by Crippen LogP contribution is -1.83. The summed E-state index contributed by atoms with van der Waals surface area (Å²) < 4.78 is 0. The molecule has 0 aliphatic heterocycles. The fourth-order valence-electron chi connectivity index (χ4n) is 1.02. The number of hydrogen-bond donors (Lipinski definition) is 0. The van der Waals surface area contributed by atoms with Crippen LogP contribution in [0.5, 0.6) is 0 Å². The largest absolute Gasteiger partial charge is 0.243 e. The second-order valence-electron chi connectivity index (χ2n) is 2.74. The van der Waals surface area contributed by atoms with Crippen molar-refractivity contribution in [2.45, 2.75) is 9.92 Å². The summed E-state index contributed by atoms with van der Waals surface area (Å²) in [7, 11) is 0. The molecule has 2 rings (SSSR count). The Morgan fingerprint density at radius 1 is 1.20 bits per heavy atom. The Kier molecular flexibility index (Phi) is 3.46. The van der Waals surface area contributed by atoms with Crippen LogP contribution in [0.1, 0.15) is 0 Å². The molecule has 0 bridgehead atoms. The minimum absolute atomic E-state index is 0.544. The molecule has 5 heteroatoms. The standard InChI is InChI=1S/C10H6Cl2N2S/c11-7-2-1-3-8(4-7)15-10-9(12)5-13-6-14-10/h1-6H. The predicted molar refractivity (Wildman–Crippen MR) is 62.6 cm³/mol. The lowest BCUT2D eigenvalue weighted by atomic mass is 10.4. The average Bonchev–Trinajstić information content (AvgIpc) is 2.22. The van der Waals surface area contributed by atoms with Gasteiger partial charge in [0.05, 0.1) is 11.2 Å². The van der Waals surface area contributed by atoms with Crippen molar-refractivity contribution < 1.29 is 0 Å². The van der Waals surface area contributed by atoms with E-state index >= 15 is 0 Å². The van der Waals surface area contributed by atoms with Crippen LogP contribution in [0.25, 0.3) is 0 Å². The van der Waals surface area contributed by atoms with E-state index in [0.29, 0.717) is 10.0 Å². The molecule has 0 radical (unpaired) electrons. The molecule has 0 unspecified atom stereocenters. The fraction of sp³-hybridized carbons (Fsp3) is 0. The topological polar surface area (TPSA) is 25.8 Å². The van der Waals surface area contributed by atoms with E-state index in [0.717, 1.165) is 9.92 Å². The van der Waals surface area contributed by atoms with Crippen LogP contribution < -0.4 is 0 Å². The van der Waals surface area contributed by atoms with Crippen LogP contribution in [0.4, 0.5) is 0 Å². The number of hydrogen-bond acceptors (Lipinski definition) is 3. The average molecular weight is 257 g/mol. The number of aromatic nitrogens is 2. The van der Waals surface area contributed by atoms with Crippen molar-refractivity contribution in [2.24, 2.45) is 0 Å². The van der Waals surface area contributed by atoms with Gasteiger partial charge in [-0.25, -0.2) is 9.97 Å². The maximum atomic E-state index is 5.94. The molecule has 0 aliphatic rings. The highest BCUT2D eigenvalue weighted by atomic mass is 35.5. The van der Waals surface area contributed by atoms with Gasteiger partial charge in [0.2, 0.25) is 0 Å². The Hall–Kier alpha value is -0.770. The Bertz CT molecular complexity index is 476. The van der Waals surface area contributed by atoms with Crippen molar-refractivity contribution in [3.63, 3.8) is 0 Å². The lowest BCUT2D eigenvalue weighted by molar-refractivity contribution is 1.05. The third-order valence-corrected chi connectivity index (χ3v) is 3.28. The summed E-state index contributed by atoms with van der Waals surface area (Å²) in [6.07, 6.45) is 3.04. The van der Waals surface area contributed by atoms with Gasteiger partial charge in [0.15, 0.2) is 0 Å². The highest BCUT2D eigenvalue weighted by Crippen LogP contribution is 2.31. The molecule has 0 saturated carbocycles. The zero-order valence-electron chi connectivity index (χ0n) is 7.52. The molecule has 1 aromatic heterocycles. The Labute approximate surface area is 102 Å². The summed E-state index contributed by atoms with van der Waals surface area (Å²) in [5, 5.41) is 1.97. The van der Waals surface area contributed by atoms with Gasteiger partial charge in [-0.15, -0.1) is 0 Å². The molecule has 0 spiro atoms. The number of rotatable bonds is 2. The van der Waals surface area contributed by atoms with Gasteiger partial charge in [-0.1, -0.05) is 41.0 Å². The molecule has 2 aromatic rings. The van der Waals surface area contributed by atoms with Crippen molar-refractivity contribution in [3.8, 4) is 0 Å². The van der Waals surface area contributed by atoms with Crippen molar-refractivity contribution in [1.82, 2.24) is 9.97 Å². The molecule has 0 aliphatic carbocycles. The van der Waals surface area contributed by atoms with Gasteiger partial charge in [0, 0.05) is 9.92 Å². The van der Waals surface area contributed by atoms with Crippen LogP contribution in [-0.2, 0) is 0 Å². The van der Waals surface area contributed by atoms with Gasteiger partial charge < -0.3 is 0 Å². The fourth-order valence-corrected chi connectivity index (χ4v) is 2.30. The molecule has 0 N–H and O–H groups in total. The second-order valence-corrected chi connectivity index (χ2v) is 4.64. The summed E-state index contributed by atoms with van der Waals surface area (Å²) in [4.78, 5) is 8.90. The van der Waals surface area contributed by atoms with Gasteiger partial charge >= 0.3 is 0 Å². The minimum atomic E-state index is 0.544. The Balaban J connectivity index is 2.26. The summed E-state index contributed by atoms with van der Waals surface area (Å²) in [5.41, 5.74) is 0.